The van der Waals surface area contributed by atoms with E-state index in [2.05, 4.69) is 15.6 Å². The average molecular weight is 454 g/mol. The molecule has 1 aromatic carbocycles. The molecule has 2 heterocycles. The van der Waals surface area contributed by atoms with Gasteiger partial charge in [-0.05, 0) is 60.2 Å². The highest BCUT2D eigenvalue weighted by Crippen LogP contribution is 2.23. The first-order valence-electron chi connectivity index (χ1n) is 10.4. The molecular formula is C24H27N3O4S. The Kier molecular flexibility index (Phi) is 8.21. The molecule has 1 unspecified atom stereocenters. The maximum Gasteiger partial charge on any atom is 0.262 e. The van der Waals surface area contributed by atoms with E-state index >= 15 is 0 Å². The van der Waals surface area contributed by atoms with E-state index in [1.807, 2.05) is 50.4 Å². The minimum atomic E-state index is -0.633. The molecule has 32 heavy (non-hydrogen) atoms. The molecule has 3 aromatic rings. The smallest absolute Gasteiger partial charge is 0.262 e. The molecule has 0 fully saturated rings. The van der Waals surface area contributed by atoms with Gasteiger partial charge in [-0.25, -0.2) is 4.98 Å². The lowest BCUT2D eigenvalue weighted by Crippen LogP contribution is -2.49. The van der Waals surface area contributed by atoms with Crippen molar-refractivity contribution in [2.45, 2.75) is 33.4 Å². The predicted molar refractivity (Wildman–Crippen MR) is 124 cm³/mol. The van der Waals surface area contributed by atoms with Gasteiger partial charge in [-0.2, -0.15) is 0 Å². The summed E-state index contributed by atoms with van der Waals surface area (Å²) in [5.41, 5.74) is 0.835. The highest BCUT2D eigenvalue weighted by molar-refractivity contribution is 7.12. The number of amides is 2. The Morgan fingerprint density at radius 2 is 1.84 bits per heavy atom. The third-order valence-electron chi connectivity index (χ3n) is 4.60. The van der Waals surface area contributed by atoms with Gasteiger partial charge in [0.2, 0.25) is 11.8 Å². The molecule has 7 nitrogen and oxygen atoms in total. The van der Waals surface area contributed by atoms with Crippen molar-refractivity contribution in [1.82, 2.24) is 15.6 Å². The van der Waals surface area contributed by atoms with Gasteiger partial charge in [-0.3, -0.25) is 9.59 Å². The number of thiophene rings is 1. The first-order valence-corrected chi connectivity index (χ1v) is 11.3. The van der Waals surface area contributed by atoms with Gasteiger partial charge in [-0.15, -0.1) is 11.3 Å². The maximum absolute atomic E-state index is 12.7. The molecule has 2 N–H and O–H groups in total. The van der Waals surface area contributed by atoms with E-state index < -0.39 is 6.04 Å². The molecule has 0 aliphatic heterocycles. The first kappa shape index (κ1) is 23.3. The highest BCUT2D eigenvalue weighted by Gasteiger charge is 2.24. The van der Waals surface area contributed by atoms with Crippen molar-refractivity contribution >= 4 is 23.2 Å². The number of hydrogen-bond donors (Lipinski definition) is 2. The zero-order chi connectivity index (χ0) is 22.9. The fourth-order valence-electron chi connectivity index (χ4n) is 2.96. The van der Waals surface area contributed by atoms with Gasteiger partial charge in [0, 0.05) is 18.8 Å². The number of carbonyl (C=O) groups is 2. The second-order valence-electron chi connectivity index (χ2n) is 7.40. The van der Waals surface area contributed by atoms with Gasteiger partial charge < -0.3 is 20.1 Å². The Balaban J connectivity index is 1.58. The number of benzene rings is 1. The van der Waals surface area contributed by atoms with Gasteiger partial charge >= 0.3 is 0 Å². The number of ether oxygens (including phenoxy) is 2. The van der Waals surface area contributed by atoms with Gasteiger partial charge in [0.15, 0.2) is 0 Å². The zero-order valence-corrected chi connectivity index (χ0v) is 19.1. The Morgan fingerprint density at radius 3 is 2.50 bits per heavy atom. The molecule has 0 aliphatic rings. The van der Waals surface area contributed by atoms with Gasteiger partial charge in [0.1, 0.15) is 17.5 Å². The second kappa shape index (κ2) is 11.3. The van der Waals surface area contributed by atoms with Crippen molar-refractivity contribution in [1.29, 1.82) is 0 Å². The van der Waals surface area contributed by atoms with E-state index in [9.17, 15) is 9.59 Å². The number of carbonyl (C=O) groups excluding carboxylic acids is 2. The molecule has 1 atom stereocenters. The van der Waals surface area contributed by atoms with Crippen molar-refractivity contribution in [3.63, 3.8) is 0 Å². The summed E-state index contributed by atoms with van der Waals surface area (Å²) in [6.07, 6.45) is 1.63. The van der Waals surface area contributed by atoms with E-state index in [0.717, 1.165) is 11.3 Å². The van der Waals surface area contributed by atoms with Crippen LogP contribution in [0.25, 0.3) is 0 Å². The van der Waals surface area contributed by atoms with Crippen LogP contribution in [0.5, 0.6) is 17.4 Å². The van der Waals surface area contributed by atoms with E-state index in [-0.39, 0.29) is 17.7 Å². The van der Waals surface area contributed by atoms with E-state index in [1.54, 1.807) is 30.5 Å². The van der Waals surface area contributed by atoms with E-state index in [4.69, 9.17) is 9.47 Å². The summed E-state index contributed by atoms with van der Waals surface area (Å²) in [4.78, 5) is 29.9. The highest BCUT2D eigenvalue weighted by atomic mass is 32.1. The Labute approximate surface area is 191 Å². The lowest BCUT2D eigenvalue weighted by atomic mass is 10.0. The van der Waals surface area contributed by atoms with Gasteiger partial charge in [-0.1, -0.05) is 19.9 Å². The summed E-state index contributed by atoms with van der Waals surface area (Å²) in [7, 11) is 0. The summed E-state index contributed by atoms with van der Waals surface area (Å²) in [6, 6.07) is 13.8. The van der Waals surface area contributed by atoms with Crippen LogP contribution in [-0.4, -0.2) is 29.4 Å². The SMILES string of the molecule is CCOc1ccc(Oc2cc(CNC(=O)C(NC(=O)c3cccs3)C(C)C)ccn2)cc1. The van der Waals surface area contributed by atoms with Crippen LogP contribution in [0.4, 0.5) is 0 Å². The first-order chi connectivity index (χ1) is 15.5. The topological polar surface area (TPSA) is 89.5 Å². The predicted octanol–water partition coefficient (Wildman–Crippen LogP) is 4.40. The molecule has 8 heteroatoms. The van der Waals surface area contributed by atoms with Crippen LogP contribution in [0.2, 0.25) is 0 Å². The number of aromatic nitrogens is 1. The molecule has 2 aromatic heterocycles. The van der Waals surface area contributed by atoms with Crippen LogP contribution in [0.3, 0.4) is 0 Å². The molecule has 168 valence electrons. The van der Waals surface area contributed by atoms with Crippen molar-refractivity contribution in [3.05, 3.63) is 70.5 Å². The summed E-state index contributed by atoms with van der Waals surface area (Å²) in [6.45, 7) is 6.62. The maximum atomic E-state index is 12.7. The summed E-state index contributed by atoms with van der Waals surface area (Å²) in [5, 5.41) is 7.55. The second-order valence-corrected chi connectivity index (χ2v) is 8.35. The quantitative estimate of drug-likeness (QED) is 0.475. The number of nitrogens with one attached hydrogen (secondary N) is 2. The van der Waals surface area contributed by atoms with E-state index in [0.29, 0.717) is 29.7 Å². The summed E-state index contributed by atoms with van der Waals surface area (Å²) in [5.74, 6) is 1.29. The molecule has 0 spiro atoms. The Hall–Kier alpha value is -3.39. The Morgan fingerprint density at radius 1 is 1.09 bits per heavy atom. The van der Waals surface area contributed by atoms with Crippen molar-refractivity contribution in [3.8, 4) is 17.4 Å². The van der Waals surface area contributed by atoms with Crippen molar-refractivity contribution < 1.29 is 19.1 Å². The summed E-state index contributed by atoms with van der Waals surface area (Å²) >= 11 is 1.34. The molecule has 0 aliphatic carbocycles. The third kappa shape index (κ3) is 6.55. The zero-order valence-electron chi connectivity index (χ0n) is 18.3. The average Bonchev–Trinajstić information content (AvgIpc) is 3.32. The molecule has 0 saturated heterocycles. The lowest BCUT2D eigenvalue weighted by molar-refractivity contribution is -0.124. The normalized spacial score (nSPS) is 11.6. The van der Waals surface area contributed by atoms with Gasteiger partial charge in [0.25, 0.3) is 5.91 Å². The molecule has 0 saturated carbocycles. The Bertz CT molecular complexity index is 1020. The van der Waals surface area contributed by atoms with E-state index in [1.165, 1.54) is 11.3 Å². The van der Waals surface area contributed by atoms with Crippen LogP contribution >= 0.6 is 11.3 Å². The lowest BCUT2D eigenvalue weighted by Gasteiger charge is -2.21. The van der Waals surface area contributed by atoms with Crippen LogP contribution in [0.1, 0.15) is 36.0 Å². The van der Waals surface area contributed by atoms with Crippen LogP contribution in [-0.2, 0) is 11.3 Å². The molecule has 2 amide bonds. The number of nitrogens with zero attached hydrogens (tertiary/aromatic N) is 1. The number of pyridine rings is 1. The fraction of sp³-hybridized carbons (Fsp3) is 0.292. The van der Waals surface area contributed by atoms with Crippen LogP contribution in [0.15, 0.2) is 60.1 Å². The van der Waals surface area contributed by atoms with Crippen molar-refractivity contribution in [2.24, 2.45) is 5.92 Å². The fourth-order valence-corrected chi connectivity index (χ4v) is 3.59. The standard InChI is InChI=1S/C24H27N3O4S/c1-4-30-18-7-9-19(10-8-18)31-21-14-17(11-12-25-21)15-26-24(29)22(16(2)3)27-23(28)20-6-5-13-32-20/h5-14,16,22H,4,15H2,1-3H3,(H,26,29)(H,27,28). The number of hydrogen-bond acceptors (Lipinski definition) is 6. The van der Waals surface area contributed by atoms with Crippen molar-refractivity contribution in [2.75, 3.05) is 6.61 Å². The molecule has 0 bridgehead atoms. The van der Waals surface area contributed by atoms with Crippen LogP contribution in [0, 0.1) is 5.92 Å². The largest absolute Gasteiger partial charge is 0.494 e. The van der Waals surface area contributed by atoms with Crippen LogP contribution < -0.4 is 20.1 Å². The minimum Gasteiger partial charge on any atom is -0.494 e. The molecule has 3 rings (SSSR count). The van der Waals surface area contributed by atoms with Gasteiger partial charge in [0.05, 0.1) is 11.5 Å². The molecule has 0 radical (unpaired) electrons. The molecular weight excluding hydrogens is 426 g/mol. The monoisotopic (exact) mass is 453 g/mol. The number of rotatable bonds is 10. The minimum absolute atomic E-state index is 0.0603. The third-order valence-corrected chi connectivity index (χ3v) is 5.47. The summed E-state index contributed by atoms with van der Waals surface area (Å²) < 4.78 is 11.2.